The van der Waals surface area contributed by atoms with Crippen LogP contribution in [0.4, 0.5) is 4.79 Å². The van der Waals surface area contributed by atoms with E-state index in [9.17, 15) is 14.4 Å². The molecular weight excluding hydrogens is 384 g/mol. The average Bonchev–Trinajstić information content (AvgIpc) is 3.02. The van der Waals surface area contributed by atoms with E-state index in [2.05, 4.69) is 29.1 Å². The van der Waals surface area contributed by atoms with Crippen LogP contribution in [0, 0.1) is 0 Å². The zero-order valence-corrected chi connectivity index (χ0v) is 17.0. The van der Waals surface area contributed by atoms with Crippen LogP contribution in [-0.4, -0.2) is 34.3 Å². The third-order valence-electron chi connectivity index (χ3n) is 4.55. The quantitative estimate of drug-likeness (QED) is 0.452. The van der Waals surface area contributed by atoms with Crippen molar-refractivity contribution in [2.24, 2.45) is 0 Å². The Balaban J connectivity index is 1.99. The first kappa shape index (κ1) is 19.6. The number of rotatable bonds is 5. The van der Waals surface area contributed by atoms with Crippen molar-refractivity contribution in [3.8, 4) is 0 Å². The van der Waals surface area contributed by atoms with Gasteiger partial charge < -0.3 is 5.32 Å². The number of carbonyl (C=O) groups is 2. The maximum atomic E-state index is 13.2. The molecule has 0 unspecified atom stereocenters. The Kier molecular flexibility index (Phi) is 6.01. The van der Waals surface area contributed by atoms with Crippen molar-refractivity contribution in [3.05, 3.63) is 33.4 Å². The zero-order valence-electron chi connectivity index (χ0n) is 15.3. The van der Waals surface area contributed by atoms with E-state index in [-0.39, 0.29) is 11.3 Å². The summed E-state index contributed by atoms with van der Waals surface area (Å²) in [6.45, 7) is 6.21. The van der Waals surface area contributed by atoms with Crippen molar-refractivity contribution in [2.75, 3.05) is 12.8 Å². The molecule has 0 saturated carbocycles. The van der Waals surface area contributed by atoms with Crippen LogP contribution in [0.2, 0.25) is 0 Å². The van der Waals surface area contributed by atoms with E-state index in [1.807, 2.05) is 0 Å². The van der Waals surface area contributed by atoms with Crippen molar-refractivity contribution < 1.29 is 9.59 Å². The van der Waals surface area contributed by atoms with Gasteiger partial charge in [-0.25, -0.2) is 9.78 Å². The van der Waals surface area contributed by atoms with Crippen LogP contribution in [0.3, 0.4) is 0 Å². The largest absolute Gasteiger partial charge is 0.341 e. The van der Waals surface area contributed by atoms with E-state index in [1.165, 1.54) is 11.9 Å². The van der Waals surface area contributed by atoms with Gasteiger partial charge in [0.05, 0.1) is 11.1 Å². The Bertz CT molecular complexity index is 964. The molecule has 0 spiro atoms. The van der Waals surface area contributed by atoms with Crippen LogP contribution in [0.1, 0.15) is 36.1 Å². The lowest BCUT2D eigenvalue weighted by Gasteiger charge is -2.18. The molecule has 2 N–H and O–H groups in total. The zero-order chi connectivity index (χ0) is 19.6. The minimum Gasteiger partial charge on any atom is -0.341 e. The Morgan fingerprint density at radius 1 is 1.48 bits per heavy atom. The van der Waals surface area contributed by atoms with E-state index in [0.29, 0.717) is 23.0 Å². The summed E-state index contributed by atoms with van der Waals surface area (Å²) in [7, 11) is 1.44. The Hall–Kier alpha value is -2.13. The number of amides is 3. The third kappa shape index (κ3) is 3.93. The van der Waals surface area contributed by atoms with Crippen LogP contribution >= 0.6 is 23.1 Å². The van der Waals surface area contributed by atoms with Crippen molar-refractivity contribution in [3.63, 3.8) is 0 Å². The smallest absolute Gasteiger partial charge is 0.321 e. The van der Waals surface area contributed by atoms with Crippen LogP contribution in [0.15, 0.2) is 22.6 Å². The van der Waals surface area contributed by atoms with E-state index < -0.39 is 11.9 Å². The van der Waals surface area contributed by atoms with Gasteiger partial charge in [-0.1, -0.05) is 24.8 Å². The number of nitrogens with one attached hydrogen (secondary N) is 2. The van der Waals surface area contributed by atoms with Crippen molar-refractivity contribution >= 4 is 45.3 Å². The normalized spacial score (nSPS) is 16.0. The molecule has 0 saturated heterocycles. The molecule has 0 aliphatic heterocycles. The highest BCUT2D eigenvalue weighted by molar-refractivity contribution is 7.99. The number of thiophene rings is 1. The molecular formula is C18H22N4O3S2. The number of hydrogen-bond acceptors (Lipinski definition) is 6. The molecule has 2 aromatic heterocycles. The number of allylic oxidation sites excluding steroid dienone is 1. The van der Waals surface area contributed by atoms with E-state index >= 15 is 0 Å². The van der Waals surface area contributed by atoms with E-state index in [1.54, 1.807) is 22.0 Å². The molecule has 9 heteroatoms. The molecule has 3 rings (SSSR count). The summed E-state index contributed by atoms with van der Waals surface area (Å²) in [6, 6.07) is -0.563. The van der Waals surface area contributed by atoms with Crippen molar-refractivity contribution in [1.29, 1.82) is 0 Å². The lowest BCUT2D eigenvalue weighted by Crippen LogP contribution is -2.38. The maximum Gasteiger partial charge on any atom is 0.321 e. The molecule has 2 aromatic rings. The highest BCUT2D eigenvalue weighted by atomic mass is 32.2. The fourth-order valence-electron chi connectivity index (χ4n) is 3.31. The number of urea groups is 1. The summed E-state index contributed by atoms with van der Waals surface area (Å²) in [6.07, 6.45) is 4.84. The second kappa shape index (κ2) is 8.26. The van der Waals surface area contributed by atoms with Gasteiger partial charge in [-0.3, -0.25) is 19.5 Å². The van der Waals surface area contributed by atoms with Gasteiger partial charge in [-0.2, -0.15) is 0 Å². The number of hydrogen-bond donors (Lipinski definition) is 2. The predicted molar refractivity (Wildman–Crippen MR) is 109 cm³/mol. The summed E-state index contributed by atoms with van der Waals surface area (Å²) in [4.78, 5) is 43.0. The number of nitrogens with zero attached hydrogens (tertiary/aromatic N) is 2. The Morgan fingerprint density at radius 3 is 2.96 bits per heavy atom. The van der Waals surface area contributed by atoms with Gasteiger partial charge in [0.15, 0.2) is 5.16 Å². The molecule has 0 aromatic carbocycles. The van der Waals surface area contributed by atoms with Gasteiger partial charge in [0.25, 0.3) is 5.56 Å². The Morgan fingerprint density at radius 2 is 2.26 bits per heavy atom. The van der Waals surface area contributed by atoms with Gasteiger partial charge in [-0.05, 0) is 30.7 Å². The molecule has 3 amide bonds. The predicted octanol–water partition coefficient (Wildman–Crippen LogP) is 2.63. The minimum atomic E-state index is -0.563. The number of fused-ring (bicyclic) bond motifs is 3. The monoisotopic (exact) mass is 406 g/mol. The first-order chi connectivity index (χ1) is 13.0. The first-order valence-corrected chi connectivity index (χ1v) is 10.6. The first-order valence-electron chi connectivity index (χ1n) is 8.77. The number of aromatic nitrogens is 2. The van der Waals surface area contributed by atoms with E-state index in [4.69, 9.17) is 0 Å². The average molecular weight is 407 g/mol. The molecule has 0 radical (unpaired) electrons. The summed E-state index contributed by atoms with van der Waals surface area (Å²) in [5.74, 6) is -0.103. The van der Waals surface area contributed by atoms with Gasteiger partial charge >= 0.3 is 6.03 Å². The van der Waals surface area contributed by atoms with E-state index in [0.717, 1.165) is 41.4 Å². The molecule has 0 fully saturated rings. The van der Waals surface area contributed by atoms with Crippen LogP contribution in [0.25, 0.3) is 10.2 Å². The fourth-order valence-corrected chi connectivity index (χ4v) is 5.49. The van der Waals surface area contributed by atoms with Gasteiger partial charge in [0.2, 0.25) is 5.91 Å². The summed E-state index contributed by atoms with van der Waals surface area (Å²) in [5, 5.41) is 5.71. The standard InChI is InChI=1S/C18H22N4O3S2/c1-4-8-22-16(24)14-13-10(2)6-5-7-11(13)27-15(14)21-18(22)26-9-12(23)20-17(25)19-3/h4,10H,1,5-9H2,2-3H3,(H2,19,20,23,25)/t10-/m0/s1. The van der Waals surface area contributed by atoms with Crippen LogP contribution in [-0.2, 0) is 17.8 Å². The molecule has 1 atom stereocenters. The second-order valence-electron chi connectivity index (χ2n) is 6.43. The number of aryl methyl sites for hydroxylation is 1. The van der Waals surface area contributed by atoms with Gasteiger partial charge in [0, 0.05) is 18.5 Å². The second-order valence-corrected chi connectivity index (χ2v) is 8.45. The summed E-state index contributed by atoms with van der Waals surface area (Å²) < 4.78 is 1.56. The lowest BCUT2D eigenvalue weighted by molar-refractivity contribution is -0.117. The SMILES string of the molecule is C=CCn1c(SCC(=O)NC(=O)NC)nc2sc3c(c2c1=O)[C@@H](C)CCC3. The molecule has 0 bridgehead atoms. The third-order valence-corrected chi connectivity index (χ3v) is 6.68. The van der Waals surface area contributed by atoms with Gasteiger partial charge in [0.1, 0.15) is 4.83 Å². The molecule has 1 aliphatic rings. The summed E-state index contributed by atoms with van der Waals surface area (Å²) in [5.41, 5.74) is 1.06. The topological polar surface area (TPSA) is 93.1 Å². The molecule has 7 nitrogen and oxygen atoms in total. The van der Waals surface area contributed by atoms with Crippen LogP contribution in [0.5, 0.6) is 0 Å². The number of carbonyl (C=O) groups excluding carboxylic acids is 2. The molecule has 27 heavy (non-hydrogen) atoms. The minimum absolute atomic E-state index is 0.00992. The maximum absolute atomic E-state index is 13.2. The van der Waals surface area contributed by atoms with Crippen molar-refractivity contribution in [2.45, 2.75) is 43.8 Å². The lowest BCUT2D eigenvalue weighted by atomic mass is 9.88. The molecule has 144 valence electrons. The highest BCUT2D eigenvalue weighted by Crippen LogP contribution is 2.40. The molecule has 1 aliphatic carbocycles. The number of imide groups is 1. The number of thioether (sulfide) groups is 1. The molecule has 2 heterocycles. The van der Waals surface area contributed by atoms with Crippen molar-refractivity contribution in [1.82, 2.24) is 20.2 Å². The highest BCUT2D eigenvalue weighted by Gasteiger charge is 2.26. The Labute approximate surface area is 165 Å². The van der Waals surface area contributed by atoms with Crippen LogP contribution < -0.4 is 16.2 Å². The summed E-state index contributed by atoms with van der Waals surface area (Å²) >= 11 is 2.72. The fraction of sp³-hybridized carbons (Fsp3) is 0.444. The van der Waals surface area contributed by atoms with Gasteiger partial charge in [-0.15, -0.1) is 17.9 Å².